The molecule has 0 radical (unpaired) electrons. The molecule has 10 heteroatoms. The molecule has 222 valence electrons. The molecule has 3 atom stereocenters. The van der Waals surface area contributed by atoms with Crippen molar-refractivity contribution >= 4 is 75.0 Å². The van der Waals surface area contributed by atoms with Gasteiger partial charge in [0.1, 0.15) is 0 Å². The number of imide groups is 1. The SMILES string of the molecule is O=C(OC(CCCl)C(=O)c1ccc(Cl)cc1)c1cc(-c2ccc(N3C(=O)C4CC=CCC4C3=O)cc2)nc2ccc(Cl)cc12. The lowest BCUT2D eigenvalue weighted by molar-refractivity contribution is -0.122. The lowest BCUT2D eigenvalue weighted by Gasteiger charge is -2.18. The fourth-order valence-corrected chi connectivity index (χ4v) is 6.18. The predicted octanol–water partition coefficient (Wildman–Crippen LogP) is 7.70. The van der Waals surface area contributed by atoms with Crippen molar-refractivity contribution in [3.05, 3.63) is 106 Å². The molecule has 1 aliphatic carbocycles. The first kappa shape index (κ1) is 30.0. The van der Waals surface area contributed by atoms with Crippen molar-refractivity contribution in [2.24, 2.45) is 11.8 Å². The number of pyridine rings is 1. The zero-order valence-electron chi connectivity index (χ0n) is 23.2. The first-order valence-corrected chi connectivity index (χ1v) is 15.3. The van der Waals surface area contributed by atoms with Crippen LogP contribution in [0.4, 0.5) is 5.69 Å². The number of alkyl halides is 1. The molecule has 1 fully saturated rings. The van der Waals surface area contributed by atoms with E-state index >= 15 is 0 Å². The summed E-state index contributed by atoms with van der Waals surface area (Å²) < 4.78 is 5.76. The number of Topliss-reactive ketones (excluding diaryl/α,β-unsaturated/α-hetero) is 1. The third-order valence-corrected chi connectivity index (χ3v) is 8.67. The van der Waals surface area contributed by atoms with Crippen LogP contribution in [0.1, 0.15) is 40.0 Å². The second kappa shape index (κ2) is 12.5. The van der Waals surface area contributed by atoms with E-state index < -0.39 is 17.9 Å². The smallest absolute Gasteiger partial charge is 0.339 e. The fraction of sp³-hybridized carbons (Fsp3) is 0.206. The summed E-state index contributed by atoms with van der Waals surface area (Å²) in [6.07, 6.45) is 4.01. The molecule has 0 N–H and O–H groups in total. The van der Waals surface area contributed by atoms with Crippen LogP contribution < -0.4 is 4.90 Å². The third-order valence-electron chi connectivity index (χ3n) is 7.96. The largest absolute Gasteiger partial charge is 0.450 e. The number of aromatic nitrogens is 1. The number of halogens is 3. The predicted molar refractivity (Wildman–Crippen MR) is 170 cm³/mol. The van der Waals surface area contributed by atoms with E-state index in [1.807, 2.05) is 12.2 Å². The van der Waals surface area contributed by atoms with Crippen molar-refractivity contribution in [3.63, 3.8) is 0 Å². The van der Waals surface area contributed by atoms with E-state index in [-0.39, 0.29) is 41.5 Å². The minimum absolute atomic E-state index is 0.0951. The van der Waals surface area contributed by atoms with Gasteiger partial charge in [-0.1, -0.05) is 47.5 Å². The normalized spacial score (nSPS) is 18.4. The fourth-order valence-electron chi connectivity index (χ4n) is 5.69. The molecule has 0 spiro atoms. The molecule has 3 unspecified atom stereocenters. The van der Waals surface area contributed by atoms with Crippen LogP contribution in [0.5, 0.6) is 0 Å². The Morgan fingerprint density at radius 2 is 1.50 bits per heavy atom. The standard InChI is InChI=1S/C34H25Cl3N2O5/c35-16-15-30(31(40)20-5-9-21(36)10-6-20)44-34(43)27-18-29(38-28-14-11-22(37)17-26(27)28)19-7-12-23(13-8-19)39-32(41)24-3-1-2-4-25(24)33(39)42/h1-2,5-14,17-18,24-25,30H,3-4,15-16H2. The Hall–Kier alpha value is -4.04. The van der Waals surface area contributed by atoms with Crippen molar-refractivity contribution in [3.8, 4) is 11.3 Å². The summed E-state index contributed by atoms with van der Waals surface area (Å²) in [5.41, 5.74) is 2.57. The lowest BCUT2D eigenvalue weighted by Crippen LogP contribution is -2.30. The minimum Gasteiger partial charge on any atom is -0.450 e. The molecule has 1 aliphatic heterocycles. The van der Waals surface area contributed by atoms with Gasteiger partial charge in [-0.25, -0.2) is 9.78 Å². The van der Waals surface area contributed by atoms with E-state index in [1.165, 1.54) is 4.90 Å². The van der Waals surface area contributed by atoms with E-state index in [1.54, 1.807) is 72.8 Å². The van der Waals surface area contributed by atoms with E-state index in [4.69, 9.17) is 44.5 Å². The van der Waals surface area contributed by atoms with Crippen LogP contribution in [0.3, 0.4) is 0 Å². The first-order chi connectivity index (χ1) is 21.2. The highest BCUT2D eigenvalue weighted by Crippen LogP contribution is 2.38. The monoisotopic (exact) mass is 646 g/mol. The van der Waals surface area contributed by atoms with Crippen LogP contribution in [0.15, 0.2) is 84.9 Å². The molecule has 2 aliphatic rings. The maximum absolute atomic E-state index is 13.7. The molecule has 44 heavy (non-hydrogen) atoms. The zero-order chi connectivity index (χ0) is 31.0. The van der Waals surface area contributed by atoms with Crippen LogP contribution in [0, 0.1) is 11.8 Å². The number of nitrogens with zero attached hydrogens (tertiary/aromatic N) is 2. The number of carbonyl (C=O) groups excluding carboxylic acids is 4. The van der Waals surface area contributed by atoms with E-state index in [0.29, 0.717) is 56.3 Å². The summed E-state index contributed by atoms with van der Waals surface area (Å²) >= 11 is 18.2. The Balaban J connectivity index is 1.32. The Morgan fingerprint density at radius 1 is 0.864 bits per heavy atom. The Labute approximate surface area is 268 Å². The Bertz CT molecular complexity index is 1800. The summed E-state index contributed by atoms with van der Waals surface area (Å²) in [4.78, 5) is 59.0. The molecule has 2 heterocycles. The average Bonchev–Trinajstić information content (AvgIpc) is 3.29. The van der Waals surface area contributed by atoms with Crippen LogP contribution in [0.2, 0.25) is 10.0 Å². The third kappa shape index (κ3) is 5.75. The van der Waals surface area contributed by atoms with Gasteiger partial charge in [-0.05, 0) is 73.5 Å². The number of benzene rings is 3. The van der Waals surface area contributed by atoms with Crippen molar-refractivity contribution in [2.75, 3.05) is 10.8 Å². The molecule has 1 aromatic heterocycles. The maximum atomic E-state index is 13.7. The molecule has 3 aromatic carbocycles. The van der Waals surface area contributed by atoms with Gasteiger partial charge in [0.25, 0.3) is 0 Å². The number of rotatable bonds is 8. The first-order valence-electron chi connectivity index (χ1n) is 14.1. The molecule has 1 saturated heterocycles. The van der Waals surface area contributed by atoms with Gasteiger partial charge >= 0.3 is 5.97 Å². The molecular weight excluding hydrogens is 623 g/mol. The van der Waals surface area contributed by atoms with E-state index in [0.717, 1.165) is 0 Å². The van der Waals surface area contributed by atoms with Crippen molar-refractivity contribution < 1.29 is 23.9 Å². The van der Waals surface area contributed by atoms with Crippen molar-refractivity contribution in [1.29, 1.82) is 0 Å². The van der Waals surface area contributed by atoms with Crippen LogP contribution in [0.25, 0.3) is 22.2 Å². The van der Waals surface area contributed by atoms with Gasteiger partial charge in [0.05, 0.1) is 34.3 Å². The second-order valence-electron chi connectivity index (χ2n) is 10.7. The molecule has 7 nitrogen and oxygen atoms in total. The number of carbonyl (C=O) groups is 4. The van der Waals surface area contributed by atoms with Gasteiger partial charge in [0.15, 0.2) is 6.10 Å². The molecule has 4 aromatic rings. The molecule has 6 rings (SSSR count). The number of ether oxygens (including phenoxy) is 1. The van der Waals surface area contributed by atoms with Crippen molar-refractivity contribution in [1.82, 2.24) is 4.98 Å². The summed E-state index contributed by atoms with van der Waals surface area (Å²) in [5, 5.41) is 1.33. The second-order valence-corrected chi connectivity index (χ2v) is 11.9. The number of anilines is 1. The lowest BCUT2D eigenvalue weighted by atomic mass is 9.85. The molecule has 2 amide bonds. The van der Waals surface area contributed by atoms with Gasteiger partial charge in [-0.2, -0.15) is 0 Å². The average molecular weight is 648 g/mol. The van der Waals surface area contributed by atoms with Crippen LogP contribution >= 0.6 is 34.8 Å². The number of esters is 1. The highest BCUT2D eigenvalue weighted by Gasteiger charge is 2.47. The molecular formula is C34H25Cl3N2O5. The number of ketones is 1. The highest BCUT2D eigenvalue weighted by atomic mass is 35.5. The van der Waals surface area contributed by atoms with Crippen LogP contribution in [-0.4, -0.2) is 40.5 Å². The number of hydrogen-bond donors (Lipinski definition) is 0. The van der Waals surface area contributed by atoms with Crippen molar-refractivity contribution in [2.45, 2.75) is 25.4 Å². The number of hydrogen-bond acceptors (Lipinski definition) is 6. The van der Waals surface area contributed by atoms with E-state index in [2.05, 4.69) is 0 Å². The summed E-state index contributed by atoms with van der Waals surface area (Å²) in [5.74, 6) is -2.08. The maximum Gasteiger partial charge on any atom is 0.339 e. The van der Waals surface area contributed by atoms with Crippen LogP contribution in [-0.2, 0) is 14.3 Å². The highest BCUT2D eigenvalue weighted by molar-refractivity contribution is 6.31. The Morgan fingerprint density at radius 3 is 2.14 bits per heavy atom. The number of allylic oxidation sites excluding steroid dienone is 2. The summed E-state index contributed by atoms with van der Waals surface area (Å²) in [7, 11) is 0. The molecule has 0 saturated carbocycles. The number of amides is 2. The molecule has 0 bridgehead atoms. The number of fused-ring (bicyclic) bond motifs is 2. The summed E-state index contributed by atoms with van der Waals surface area (Å²) in [6.45, 7) is 0. The van der Waals surface area contributed by atoms with Gasteiger partial charge in [0, 0.05) is 38.9 Å². The minimum atomic E-state index is -1.12. The van der Waals surface area contributed by atoms with Gasteiger partial charge < -0.3 is 4.74 Å². The van der Waals surface area contributed by atoms with E-state index in [9.17, 15) is 19.2 Å². The van der Waals surface area contributed by atoms with Gasteiger partial charge in [-0.3, -0.25) is 19.3 Å². The van der Waals surface area contributed by atoms with Gasteiger partial charge in [0.2, 0.25) is 17.6 Å². The Kier molecular flexibility index (Phi) is 8.54. The quantitative estimate of drug-likeness (QED) is 0.0640. The zero-order valence-corrected chi connectivity index (χ0v) is 25.5. The van der Waals surface area contributed by atoms with Gasteiger partial charge in [-0.15, -0.1) is 11.6 Å². The summed E-state index contributed by atoms with van der Waals surface area (Å²) in [6, 6.07) is 19.7. The topological polar surface area (TPSA) is 93.6 Å².